The second-order valence-electron chi connectivity index (χ2n) is 6.93. The predicted molar refractivity (Wildman–Crippen MR) is 114 cm³/mol. The quantitative estimate of drug-likeness (QED) is 0.426. The molecule has 0 amide bonds. The lowest BCUT2D eigenvalue weighted by atomic mass is 9.85. The van der Waals surface area contributed by atoms with E-state index in [1.54, 1.807) is 26.0 Å². The summed E-state index contributed by atoms with van der Waals surface area (Å²) in [6, 6.07) is 5.29. The number of nitrogens with zero attached hydrogens (tertiary/aromatic N) is 2. The van der Waals surface area contributed by atoms with E-state index < -0.39 is 12.1 Å². The van der Waals surface area contributed by atoms with Crippen LogP contribution >= 0.6 is 23.2 Å². The van der Waals surface area contributed by atoms with Crippen molar-refractivity contribution in [1.29, 1.82) is 0 Å². The van der Waals surface area contributed by atoms with Crippen molar-refractivity contribution in [2.75, 3.05) is 6.61 Å². The number of nitrogens with one attached hydrogen (secondary N) is 1. The molecule has 30 heavy (non-hydrogen) atoms. The molecule has 0 saturated carbocycles. The number of rotatable bonds is 6. The normalized spacial score (nSPS) is 16.5. The van der Waals surface area contributed by atoms with Gasteiger partial charge < -0.3 is 19.3 Å². The average Bonchev–Trinajstić information content (AvgIpc) is 3.12. The van der Waals surface area contributed by atoms with Gasteiger partial charge in [0.05, 0.1) is 33.8 Å². The highest BCUT2D eigenvalue weighted by Gasteiger charge is 2.37. The summed E-state index contributed by atoms with van der Waals surface area (Å²) in [5.74, 6) is 0.508. The van der Waals surface area contributed by atoms with Gasteiger partial charge in [0.1, 0.15) is 5.76 Å². The van der Waals surface area contributed by atoms with E-state index in [0.29, 0.717) is 44.4 Å². The van der Waals surface area contributed by atoms with Crippen LogP contribution in [0.5, 0.6) is 0 Å². The summed E-state index contributed by atoms with van der Waals surface area (Å²) in [5, 5.41) is 7.84. The zero-order valence-electron chi connectivity index (χ0n) is 17.2. The number of carbonyl (C=O) groups is 1. The van der Waals surface area contributed by atoms with Gasteiger partial charge in [-0.3, -0.25) is 0 Å². The zero-order chi connectivity index (χ0) is 21.8. The smallest absolute Gasteiger partial charge is 0.434 e. The fourth-order valence-corrected chi connectivity index (χ4v) is 3.68. The molecule has 1 aliphatic rings. The van der Waals surface area contributed by atoms with Gasteiger partial charge in [-0.15, -0.1) is 0 Å². The summed E-state index contributed by atoms with van der Waals surface area (Å²) in [5.41, 5.74) is 2.69. The SMILES string of the molecule is CCCCOC(=O)OC1=C(C)NC(C)=C(c2nc(C)no2)C1c1cccc(Cl)c1Cl. The minimum absolute atomic E-state index is 0.280. The van der Waals surface area contributed by atoms with Crippen LogP contribution in [0.1, 0.15) is 56.8 Å². The van der Waals surface area contributed by atoms with Gasteiger partial charge in [0, 0.05) is 5.70 Å². The number of ether oxygens (including phenoxy) is 2. The second kappa shape index (κ2) is 9.53. The molecule has 1 atom stereocenters. The number of aromatic nitrogens is 2. The van der Waals surface area contributed by atoms with E-state index in [9.17, 15) is 4.79 Å². The third-order valence-corrected chi connectivity index (χ3v) is 5.49. The molecule has 1 unspecified atom stereocenters. The molecule has 9 heteroatoms. The molecule has 0 spiro atoms. The van der Waals surface area contributed by atoms with Gasteiger partial charge >= 0.3 is 6.16 Å². The number of allylic oxidation sites excluding steroid dienone is 3. The van der Waals surface area contributed by atoms with Crippen molar-refractivity contribution < 1.29 is 18.8 Å². The first-order valence-electron chi connectivity index (χ1n) is 9.61. The lowest BCUT2D eigenvalue weighted by molar-refractivity contribution is 0.0723. The maximum atomic E-state index is 12.4. The highest BCUT2D eigenvalue weighted by atomic mass is 35.5. The Morgan fingerprint density at radius 1 is 1.23 bits per heavy atom. The van der Waals surface area contributed by atoms with Crippen LogP contribution in [0.4, 0.5) is 4.79 Å². The monoisotopic (exact) mass is 451 g/mol. The van der Waals surface area contributed by atoms with Crippen LogP contribution in [0.15, 0.2) is 39.9 Å². The van der Waals surface area contributed by atoms with Gasteiger partial charge in [-0.2, -0.15) is 4.98 Å². The molecule has 1 aliphatic heterocycles. The Bertz CT molecular complexity index is 1010. The molecule has 7 nitrogen and oxygen atoms in total. The number of hydrogen-bond acceptors (Lipinski definition) is 7. The minimum Gasteiger partial charge on any atom is -0.434 e. The van der Waals surface area contributed by atoms with E-state index in [-0.39, 0.29) is 6.61 Å². The largest absolute Gasteiger partial charge is 0.513 e. The van der Waals surface area contributed by atoms with Gasteiger partial charge in [0.25, 0.3) is 5.89 Å². The number of benzene rings is 1. The van der Waals surface area contributed by atoms with Crippen molar-refractivity contribution in [1.82, 2.24) is 15.5 Å². The van der Waals surface area contributed by atoms with Crippen LogP contribution in [0.25, 0.3) is 5.57 Å². The van der Waals surface area contributed by atoms with Crippen LogP contribution in [0, 0.1) is 6.92 Å². The molecule has 2 heterocycles. The van der Waals surface area contributed by atoms with Gasteiger partial charge in [0.15, 0.2) is 5.82 Å². The van der Waals surface area contributed by atoms with E-state index in [1.807, 2.05) is 19.9 Å². The molecule has 0 saturated heterocycles. The number of aryl methyl sites for hydroxylation is 1. The molecule has 1 aromatic carbocycles. The third-order valence-electron chi connectivity index (χ3n) is 4.66. The van der Waals surface area contributed by atoms with E-state index in [0.717, 1.165) is 18.5 Å². The van der Waals surface area contributed by atoms with E-state index in [1.165, 1.54) is 0 Å². The van der Waals surface area contributed by atoms with Crippen molar-refractivity contribution in [3.8, 4) is 0 Å². The molecule has 0 bridgehead atoms. The zero-order valence-corrected chi connectivity index (χ0v) is 18.7. The summed E-state index contributed by atoms with van der Waals surface area (Å²) < 4.78 is 16.3. The number of carbonyl (C=O) groups excluding carboxylic acids is 1. The number of dihydropyridines is 1. The second-order valence-corrected chi connectivity index (χ2v) is 7.71. The number of hydrogen-bond donors (Lipinski definition) is 1. The van der Waals surface area contributed by atoms with Crippen LogP contribution in [0.3, 0.4) is 0 Å². The van der Waals surface area contributed by atoms with E-state index >= 15 is 0 Å². The molecule has 1 N–H and O–H groups in total. The molecule has 1 aromatic heterocycles. The number of unbranched alkanes of at least 4 members (excludes halogenated alkanes) is 1. The summed E-state index contributed by atoms with van der Waals surface area (Å²) >= 11 is 12.8. The van der Waals surface area contributed by atoms with Crippen LogP contribution in [0.2, 0.25) is 10.0 Å². The van der Waals surface area contributed by atoms with Gasteiger partial charge in [-0.05, 0) is 38.8 Å². The van der Waals surface area contributed by atoms with Crippen molar-refractivity contribution >= 4 is 34.9 Å². The van der Waals surface area contributed by atoms with E-state index in [4.69, 9.17) is 37.2 Å². The first-order valence-corrected chi connectivity index (χ1v) is 10.4. The maximum Gasteiger partial charge on any atom is 0.513 e. The molecule has 0 aliphatic carbocycles. The first-order chi connectivity index (χ1) is 14.3. The lowest BCUT2D eigenvalue weighted by Crippen LogP contribution is -2.27. The Kier molecular flexibility index (Phi) is 7.05. The van der Waals surface area contributed by atoms with Crippen molar-refractivity contribution in [3.05, 3.63) is 62.7 Å². The van der Waals surface area contributed by atoms with Crippen molar-refractivity contribution in [2.45, 2.75) is 46.5 Å². The molecule has 2 aromatic rings. The fourth-order valence-electron chi connectivity index (χ4n) is 3.26. The highest BCUT2D eigenvalue weighted by molar-refractivity contribution is 6.42. The standard InChI is InChI=1S/C21H23Cl2N3O4/c1-5-6-10-28-21(27)29-19-12(3)24-11(2)16(20-25-13(4)26-30-20)17(19)14-8-7-9-15(22)18(14)23/h7-9,17,24H,5-6,10H2,1-4H3. The first kappa shape index (κ1) is 22.2. The molecule has 0 fully saturated rings. The number of halogens is 2. The van der Waals surface area contributed by atoms with Gasteiger partial charge in [-0.25, -0.2) is 4.79 Å². The third kappa shape index (κ3) is 4.63. The Balaban J connectivity index is 2.08. The molecule has 3 rings (SSSR count). The van der Waals surface area contributed by atoms with E-state index in [2.05, 4.69) is 15.5 Å². The minimum atomic E-state index is -0.789. The fraction of sp³-hybridized carbons (Fsp3) is 0.381. The van der Waals surface area contributed by atoms with Crippen LogP contribution in [-0.2, 0) is 9.47 Å². The summed E-state index contributed by atoms with van der Waals surface area (Å²) in [6.07, 6.45) is 0.865. The van der Waals surface area contributed by atoms with Crippen LogP contribution in [-0.4, -0.2) is 22.9 Å². The topological polar surface area (TPSA) is 86.5 Å². The molecular formula is C21H23Cl2N3O4. The van der Waals surface area contributed by atoms with Crippen molar-refractivity contribution in [3.63, 3.8) is 0 Å². The highest BCUT2D eigenvalue weighted by Crippen LogP contribution is 2.46. The van der Waals surface area contributed by atoms with Crippen LogP contribution < -0.4 is 5.32 Å². The average molecular weight is 452 g/mol. The Morgan fingerprint density at radius 2 is 2.00 bits per heavy atom. The Morgan fingerprint density at radius 3 is 2.67 bits per heavy atom. The lowest BCUT2D eigenvalue weighted by Gasteiger charge is -2.30. The molecular weight excluding hydrogens is 429 g/mol. The Labute approximate surface area is 185 Å². The summed E-state index contributed by atoms with van der Waals surface area (Å²) in [6.45, 7) is 7.70. The van der Waals surface area contributed by atoms with Crippen molar-refractivity contribution in [2.24, 2.45) is 0 Å². The Hall–Kier alpha value is -2.51. The predicted octanol–water partition coefficient (Wildman–Crippen LogP) is 5.99. The summed E-state index contributed by atoms with van der Waals surface area (Å²) in [4.78, 5) is 16.7. The van der Waals surface area contributed by atoms with Gasteiger partial charge in [-0.1, -0.05) is 53.8 Å². The molecule has 160 valence electrons. The molecule has 0 radical (unpaired) electrons. The maximum absolute atomic E-state index is 12.4. The van der Waals surface area contributed by atoms with Gasteiger partial charge in [0.2, 0.25) is 0 Å². The summed E-state index contributed by atoms with van der Waals surface area (Å²) in [7, 11) is 0.